The third-order valence-corrected chi connectivity index (χ3v) is 2.14. The van der Waals surface area contributed by atoms with Crippen LogP contribution in [0.25, 0.3) is 0 Å². The molecule has 0 aliphatic heterocycles. The van der Waals surface area contributed by atoms with Crippen LogP contribution in [0.4, 0.5) is 0 Å². The first-order valence-corrected chi connectivity index (χ1v) is 4.89. The summed E-state index contributed by atoms with van der Waals surface area (Å²) in [4.78, 5) is 0. The molecule has 0 aromatic rings. The fraction of sp³-hybridized carbons (Fsp3) is 1.00. The molecule has 0 spiro atoms. The van der Waals surface area contributed by atoms with Crippen molar-refractivity contribution in [2.24, 2.45) is 5.92 Å². The van der Waals surface area contributed by atoms with E-state index < -0.39 is 0 Å². The van der Waals surface area contributed by atoms with Crippen LogP contribution < -0.4 is 0 Å². The topological polar surface area (TPSA) is 19.9 Å². The first kappa shape index (κ1) is 11.0. The van der Waals surface area contributed by atoms with Crippen molar-refractivity contribution in [2.45, 2.75) is 52.4 Å². The molecular weight excluding hydrogens is 136 g/mol. The van der Waals surface area contributed by atoms with Crippen molar-refractivity contribution in [1.29, 1.82) is 0 Å². The molecular formula is C10H21O. The summed E-state index contributed by atoms with van der Waals surface area (Å²) >= 11 is 0. The van der Waals surface area contributed by atoms with Crippen molar-refractivity contribution in [3.8, 4) is 0 Å². The van der Waals surface area contributed by atoms with Crippen molar-refractivity contribution in [3.05, 3.63) is 0 Å². The van der Waals surface area contributed by atoms with Gasteiger partial charge in [0, 0.05) is 0 Å². The van der Waals surface area contributed by atoms with Gasteiger partial charge in [0.25, 0.3) is 0 Å². The lowest BCUT2D eigenvalue weighted by molar-refractivity contribution is 0.184. The summed E-state index contributed by atoms with van der Waals surface area (Å²) in [6.07, 6.45) is 7.24. The predicted molar refractivity (Wildman–Crippen MR) is 48.1 cm³/mol. The van der Waals surface area contributed by atoms with E-state index in [0.29, 0.717) is 0 Å². The minimum absolute atomic E-state index is 0.112. The monoisotopic (exact) mass is 157 g/mol. The summed E-state index contributed by atoms with van der Waals surface area (Å²) < 4.78 is 0. The number of unbranched alkanes of at least 4 members (excludes halogenated alkanes) is 2. The van der Waals surface area contributed by atoms with Gasteiger partial charge >= 0.3 is 0 Å². The lowest BCUT2D eigenvalue weighted by atomic mass is 9.98. The molecule has 1 nitrogen and oxygen atoms in total. The quantitative estimate of drug-likeness (QED) is 0.505. The van der Waals surface area contributed by atoms with Crippen LogP contribution in [-0.2, 0) is 5.11 Å². The van der Waals surface area contributed by atoms with Gasteiger partial charge in [-0.2, -0.15) is 0 Å². The maximum absolute atomic E-state index is 10.1. The molecule has 0 heterocycles. The Balaban J connectivity index is 3.02. The molecule has 0 aromatic carbocycles. The maximum atomic E-state index is 10.1. The summed E-state index contributed by atoms with van der Waals surface area (Å²) in [5.74, 6) is 0.835. The van der Waals surface area contributed by atoms with Crippen LogP contribution in [0, 0.1) is 5.92 Å². The molecule has 1 radical (unpaired) electrons. The highest BCUT2D eigenvalue weighted by Crippen LogP contribution is 2.14. The van der Waals surface area contributed by atoms with E-state index in [1.54, 1.807) is 0 Å². The van der Waals surface area contributed by atoms with E-state index >= 15 is 0 Å². The van der Waals surface area contributed by atoms with Gasteiger partial charge in [0.15, 0.2) is 0 Å². The maximum Gasteiger partial charge on any atom is 0.0822 e. The van der Waals surface area contributed by atoms with Gasteiger partial charge in [0.2, 0.25) is 0 Å². The Morgan fingerprint density at radius 3 is 2.27 bits per heavy atom. The summed E-state index contributed by atoms with van der Waals surface area (Å²) in [5, 5.41) is 10.1. The minimum Gasteiger partial charge on any atom is -0.237 e. The van der Waals surface area contributed by atoms with E-state index in [4.69, 9.17) is 0 Å². The molecule has 1 heteroatoms. The zero-order chi connectivity index (χ0) is 8.53. The molecule has 0 saturated carbocycles. The van der Waals surface area contributed by atoms with Crippen LogP contribution in [0.3, 0.4) is 0 Å². The van der Waals surface area contributed by atoms with Gasteiger partial charge in [-0.25, -0.2) is 5.11 Å². The lowest BCUT2D eigenvalue weighted by Crippen LogP contribution is -1.95. The summed E-state index contributed by atoms with van der Waals surface area (Å²) in [6, 6.07) is 0. The second-order valence-corrected chi connectivity index (χ2v) is 3.45. The van der Waals surface area contributed by atoms with Crippen molar-refractivity contribution < 1.29 is 5.11 Å². The standard InChI is InChI=1S/C10H21O/c1-3-4-7-10(2)8-5-6-9-11/h10H,3-9H2,1-2H3. The molecule has 1 atom stereocenters. The van der Waals surface area contributed by atoms with Crippen molar-refractivity contribution >= 4 is 0 Å². The molecule has 1 unspecified atom stereocenters. The summed E-state index contributed by atoms with van der Waals surface area (Å²) in [6.45, 7) is 4.63. The fourth-order valence-corrected chi connectivity index (χ4v) is 1.29. The van der Waals surface area contributed by atoms with Crippen LogP contribution in [0.1, 0.15) is 52.4 Å². The molecule has 0 bridgehead atoms. The van der Waals surface area contributed by atoms with Gasteiger partial charge in [0.1, 0.15) is 0 Å². The van der Waals surface area contributed by atoms with E-state index in [-0.39, 0.29) is 6.61 Å². The second-order valence-electron chi connectivity index (χ2n) is 3.45. The first-order chi connectivity index (χ1) is 5.31. The molecule has 67 valence electrons. The fourth-order valence-electron chi connectivity index (χ4n) is 1.29. The van der Waals surface area contributed by atoms with Gasteiger partial charge in [0.05, 0.1) is 6.61 Å². The number of hydrogen-bond donors (Lipinski definition) is 0. The highest BCUT2D eigenvalue weighted by Gasteiger charge is 1.99. The Kier molecular flexibility index (Phi) is 8.03. The van der Waals surface area contributed by atoms with Crippen molar-refractivity contribution in [1.82, 2.24) is 0 Å². The van der Waals surface area contributed by atoms with Crippen LogP contribution in [-0.4, -0.2) is 6.61 Å². The van der Waals surface area contributed by atoms with Crippen LogP contribution in [0.15, 0.2) is 0 Å². The first-order valence-electron chi connectivity index (χ1n) is 4.89. The highest BCUT2D eigenvalue weighted by molar-refractivity contribution is 4.53. The van der Waals surface area contributed by atoms with E-state index in [2.05, 4.69) is 13.8 Å². The molecule has 0 fully saturated rings. The van der Waals surface area contributed by atoms with Crippen molar-refractivity contribution in [2.75, 3.05) is 6.61 Å². The van der Waals surface area contributed by atoms with E-state index in [1.165, 1.54) is 25.7 Å². The molecule has 11 heavy (non-hydrogen) atoms. The zero-order valence-corrected chi connectivity index (χ0v) is 7.94. The molecule has 0 aliphatic rings. The third kappa shape index (κ3) is 7.86. The Morgan fingerprint density at radius 2 is 1.73 bits per heavy atom. The Hall–Kier alpha value is -0.0400. The van der Waals surface area contributed by atoms with E-state index in [0.717, 1.165) is 18.8 Å². The zero-order valence-electron chi connectivity index (χ0n) is 7.94. The molecule has 0 saturated heterocycles. The van der Waals surface area contributed by atoms with E-state index in [9.17, 15) is 5.11 Å². The molecule has 0 amide bonds. The number of rotatable bonds is 7. The van der Waals surface area contributed by atoms with E-state index in [1.807, 2.05) is 0 Å². The molecule has 0 aromatic heterocycles. The molecule has 0 rings (SSSR count). The summed E-state index contributed by atoms with van der Waals surface area (Å²) in [7, 11) is 0. The summed E-state index contributed by atoms with van der Waals surface area (Å²) in [5.41, 5.74) is 0. The Bertz CT molecular complexity index is 71.3. The van der Waals surface area contributed by atoms with Gasteiger partial charge in [-0.3, -0.25) is 0 Å². The van der Waals surface area contributed by atoms with Gasteiger partial charge < -0.3 is 0 Å². The van der Waals surface area contributed by atoms with Gasteiger partial charge in [-0.05, 0) is 12.3 Å². The normalized spacial score (nSPS) is 13.4. The van der Waals surface area contributed by atoms with Crippen LogP contribution in [0.5, 0.6) is 0 Å². The highest BCUT2D eigenvalue weighted by atomic mass is 16.2. The SMILES string of the molecule is CCCCC(C)CCCC[O]. The molecule has 0 aliphatic carbocycles. The van der Waals surface area contributed by atoms with Crippen LogP contribution >= 0.6 is 0 Å². The van der Waals surface area contributed by atoms with Crippen molar-refractivity contribution in [3.63, 3.8) is 0 Å². The molecule has 0 N–H and O–H groups in total. The largest absolute Gasteiger partial charge is 0.237 e. The van der Waals surface area contributed by atoms with Crippen LogP contribution in [0.2, 0.25) is 0 Å². The Morgan fingerprint density at radius 1 is 1.09 bits per heavy atom. The number of hydrogen-bond acceptors (Lipinski definition) is 0. The smallest absolute Gasteiger partial charge is 0.0822 e. The Labute approximate surface area is 70.8 Å². The third-order valence-electron chi connectivity index (χ3n) is 2.14. The van der Waals surface area contributed by atoms with Gasteiger partial charge in [-0.1, -0.05) is 46.0 Å². The average molecular weight is 157 g/mol. The second kappa shape index (κ2) is 8.06. The predicted octanol–water partition coefficient (Wildman–Crippen LogP) is 3.41. The van der Waals surface area contributed by atoms with Gasteiger partial charge in [-0.15, -0.1) is 0 Å². The minimum atomic E-state index is 0.112. The lowest BCUT2D eigenvalue weighted by Gasteiger charge is -2.08. The average Bonchev–Trinajstić information content (AvgIpc) is 2.01.